The van der Waals surface area contributed by atoms with Gasteiger partial charge in [-0.05, 0) is 35.7 Å². The van der Waals surface area contributed by atoms with Crippen LogP contribution in [0.25, 0.3) is 17.1 Å². The van der Waals surface area contributed by atoms with Gasteiger partial charge in [0.1, 0.15) is 17.1 Å². The molecule has 3 N–H and O–H groups in total. The summed E-state index contributed by atoms with van der Waals surface area (Å²) < 4.78 is 1.63. The first-order chi connectivity index (χ1) is 14.2. The Balaban J connectivity index is 1.93. The molecule has 0 unspecified atom stereocenters. The lowest BCUT2D eigenvalue weighted by Crippen LogP contribution is -2.17. The van der Waals surface area contributed by atoms with E-state index in [1.165, 1.54) is 0 Å². The molecular formula is C21H18Cl3N5O. The van der Waals surface area contributed by atoms with Crippen molar-refractivity contribution in [3.63, 3.8) is 0 Å². The first-order valence-electron chi connectivity index (χ1n) is 9.25. The fourth-order valence-electron chi connectivity index (χ4n) is 3.32. The van der Waals surface area contributed by atoms with Gasteiger partial charge in [0, 0.05) is 17.1 Å². The Bertz CT molecular complexity index is 1240. The predicted molar refractivity (Wildman–Crippen MR) is 121 cm³/mol. The number of nitrogens with zero attached hydrogens (tertiary/aromatic N) is 3. The van der Waals surface area contributed by atoms with Crippen LogP contribution in [0, 0.1) is 0 Å². The number of hydrogen-bond acceptors (Lipinski definition) is 4. The Labute approximate surface area is 187 Å². The fraction of sp³-hybridized carbons (Fsp3) is 0.190. The smallest absolute Gasteiger partial charge is 0.284 e. The number of H-pyrrole nitrogens is 1. The highest BCUT2D eigenvalue weighted by atomic mass is 35.5. The van der Waals surface area contributed by atoms with Gasteiger partial charge in [-0.1, -0.05) is 60.8 Å². The topological polar surface area (TPSA) is 89.6 Å². The van der Waals surface area contributed by atoms with Crippen molar-refractivity contribution in [2.45, 2.75) is 26.2 Å². The minimum absolute atomic E-state index is 0.0258. The molecule has 2 heterocycles. The van der Waals surface area contributed by atoms with E-state index in [2.05, 4.69) is 15.1 Å². The van der Waals surface area contributed by atoms with E-state index < -0.39 is 0 Å². The van der Waals surface area contributed by atoms with E-state index in [9.17, 15) is 4.79 Å². The number of anilines is 1. The number of benzene rings is 2. The molecule has 6 nitrogen and oxygen atoms in total. The van der Waals surface area contributed by atoms with Crippen LogP contribution < -0.4 is 11.3 Å². The maximum Gasteiger partial charge on any atom is 0.284 e. The molecule has 0 saturated heterocycles. The summed E-state index contributed by atoms with van der Waals surface area (Å²) in [5.41, 5.74) is 8.58. The standard InChI is InChI=1S/C21H18Cl3N5O/c1-10(2)18-17-20(29(28-18)19-14(23)8-12(22)9-15(19)24)26-16(27-21(17)30)7-11-3-5-13(25)6-4-11/h3-6,8-10,28H,7,25H2,1-2H3. The Hall–Kier alpha value is -2.54. The van der Waals surface area contributed by atoms with Crippen LogP contribution >= 0.6 is 34.8 Å². The zero-order valence-electron chi connectivity index (χ0n) is 16.2. The Morgan fingerprint density at radius 1 is 1.07 bits per heavy atom. The average molecular weight is 463 g/mol. The highest BCUT2D eigenvalue weighted by molar-refractivity contribution is 6.40. The third-order valence-electron chi connectivity index (χ3n) is 4.74. The SMILES string of the molecule is CC(C)c1[nH]n(-c2c(Cl)cc(Cl)cc2Cl)c2nc(Cc3ccc(N)cc3)nc(=O)c1-2. The van der Waals surface area contributed by atoms with Crippen molar-refractivity contribution in [2.24, 2.45) is 0 Å². The largest absolute Gasteiger partial charge is 0.399 e. The van der Waals surface area contributed by atoms with Crippen molar-refractivity contribution in [1.82, 2.24) is 19.7 Å². The van der Waals surface area contributed by atoms with Gasteiger partial charge in [0.2, 0.25) is 0 Å². The number of aromatic nitrogens is 4. The van der Waals surface area contributed by atoms with Crippen LogP contribution in [0.3, 0.4) is 0 Å². The summed E-state index contributed by atoms with van der Waals surface area (Å²) in [6.07, 6.45) is 0.385. The Kier molecular flexibility index (Phi) is 5.49. The van der Waals surface area contributed by atoms with Gasteiger partial charge in [0.15, 0.2) is 5.82 Å². The van der Waals surface area contributed by atoms with Crippen molar-refractivity contribution < 1.29 is 0 Å². The van der Waals surface area contributed by atoms with Crippen molar-refractivity contribution >= 4 is 40.5 Å². The van der Waals surface area contributed by atoms with Crippen LogP contribution in [0.15, 0.2) is 41.2 Å². The molecule has 0 aliphatic carbocycles. The summed E-state index contributed by atoms with van der Waals surface area (Å²) in [5, 5.41) is 4.32. The summed E-state index contributed by atoms with van der Waals surface area (Å²) in [7, 11) is 0. The van der Waals surface area contributed by atoms with E-state index in [1.807, 2.05) is 26.0 Å². The second kappa shape index (κ2) is 7.95. The highest BCUT2D eigenvalue weighted by Crippen LogP contribution is 2.36. The van der Waals surface area contributed by atoms with E-state index in [-0.39, 0.29) is 11.5 Å². The third-order valence-corrected chi connectivity index (χ3v) is 5.54. The minimum atomic E-state index is -0.356. The first-order valence-corrected chi connectivity index (χ1v) is 10.4. The van der Waals surface area contributed by atoms with Crippen molar-refractivity contribution in [1.29, 1.82) is 0 Å². The summed E-state index contributed by atoms with van der Waals surface area (Å²) >= 11 is 18.9. The molecule has 30 heavy (non-hydrogen) atoms. The number of rotatable bonds is 4. The number of hydrogen-bond donors (Lipinski definition) is 2. The number of nitrogen functional groups attached to an aromatic ring is 1. The molecule has 154 valence electrons. The molecule has 9 heteroatoms. The van der Waals surface area contributed by atoms with Crippen LogP contribution in [0.5, 0.6) is 0 Å². The van der Waals surface area contributed by atoms with Crippen LogP contribution in [0.4, 0.5) is 5.69 Å². The predicted octanol–water partition coefficient (Wildman–Crippen LogP) is 5.32. The molecule has 0 spiro atoms. The van der Waals surface area contributed by atoms with Crippen molar-refractivity contribution in [3.05, 3.63) is 78.9 Å². The lowest BCUT2D eigenvalue weighted by Gasteiger charge is -2.11. The molecule has 0 fully saturated rings. The van der Waals surface area contributed by atoms with E-state index in [1.54, 1.807) is 28.9 Å². The molecule has 0 saturated carbocycles. The molecule has 0 aromatic heterocycles. The maximum absolute atomic E-state index is 12.9. The first kappa shape index (κ1) is 20.7. The normalized spacial score (nSPS) is 11.5. The number of fused-ring (bicyclic) bond motifs is 1. The van der Waals surface area contributed by atoms with E-state index in [0.29, 0.717) is 55.8 Å². The van der Waals surface area contributed by atoms with E-state index in [4.69, 9.17) is 40.5 Å². The van der Waals surface area contributed by atoms with Crippen LogP contribution in [-0.2, 0) is 6.42 Å². The zero-order chi connectivity index (χ0) is 21.6. The molecule has 2 aliphatic heterocycles. The zero-order valence-corrected chi connectivity index (χ0v) is 18.5. The molecule has 2 aromatic carbocycles. The van der Waals surface area contributed by atoms with Crippen LogP contribution in [0.2, 0.25) is 15.1 Å². The van der Waals surface area contributed by atoms with Gasteiger partial charge in [-0.15, -0.1) is 0 Å². The molecule has 0 amide bonds. The van der Waals surface area contributed by atoms with Gasteiger partial charge in [-0.3, -0.25) is 9.89 Å². The summed E-state index contributed by atoms with van der Waals surface area (Å²) in [6, 6.07) is 10.5. The third kappa shape index (κ3) is 3.78. The average Bonchev–Trinajstić information content (AvgIpc) is 3.03. The number of nitrogens with two attached hydrogens (primary N) is 1. The molecule has 0 radical (unpaired) electrons. The monoisotopic (exact) mass is 461 g/mol. The van der Waals surface area contributed by atoms with Gasteiger partial charge in [-0.25, -0.2) is 9.67 Å². The maximum atomic E-state index is 12.9. The second-order valence-corrected chi connectivity index (χ2v) is 8.55. The quantitative estimate of drug-likeness (QED) is 0.402. The molecular weight excluding hydrogens is 445 g/mol. The van der Waals surface area contributed by atoms with Gasteiger partial charge in [0.25, 0.3) is 5.56 Å². The molecule has 4 rings (SSSR count). The molecule has 0 atom stereocenters. The molecule has 0 bridgehead atoms. The minimum Gasteiger partial charge on any atom is -0.399 e. The Morgan fingerprint density at radius 3 is 2.30 bits per heavy atom. The highest BCUT2D eigenvalue weighted by Gasteiger charge is 2.27. The summed E-state index contributed by atoms with van der Waals surface area (Å²) in [6.45, 7) is 3.95. The van der Waals surface area contributed by atoms with Gasteiger partial charge < -0.3 is 5.73 Å². The van der Waals surface area contributed by atoms with Gasteiger partial charge in [0.05, 0.1) is 15.7 Å². The fourth-order valence-corrected chi connectivity index (χ4v) is 4.31. The Morgan fingerprint density at radius 2 is 1.70 bits per heavy atom. The molecule has 2 aromatic rings. The van der Waals surface area contributed by atoms with Crippen LogP contribution in [-0.4, -0.2) is 19.7 Å². The van der Waals surface area contributed by atoms with E-state index in [0.717, 1.165) is 5.56 Å². The van der Waals surface area contributed by atoms with Gasteiger partial charge in [-0.2, -0.15) is 4.98 Å². The van der Waals surface area contributed by atoms with Crippen molar-refractivity contribution in [3.8, 4) is 17.1 Å². The van der Waals surface area contributed by atoms with E-state index >= 15 is 0 Å². The molecule has 2 aliphatic rings. The van der Waals surface area contributed by atoms with Gasteiger partial charge >= 0.3 is 0 Å². The number of aromatic amines is 1. The van der Waals surface area contributed by atoms with Crippen LogP contribution in [0.1, 0.15) is 36.8 Å². The summed E-state index contributed by atoms with van der Waals surface area (Å²) in [5.74, 6) is 0.828. The second-order valence-electron chi connectivity index (χ2n) is 7.30. The number of halogens is 3. The lowest BCUT2D eigenvalue weighted by atomic mass is 10.1. The lowest BCUT2D eigenvalue weighted by molar-refractivity contribution is 0.771. The number of nitrogens with one attached hydrogen (secondary N) is 1. The van der Waals surface area contributed by atoms with Crippen molar-refractivity contribution in [2.75, 3.05) is 5.73 Å². The summed E-state index contributed by atoms with van der Waals surface area (Å²) in [4.78, 5) is 21.8.